The van der Waals surface area contributed by atoms with Crippen molar-refractivity contribution < 1.29 is 22.7 Å². The largest absolute Gasteiger partial charge is 0.487 e. The molecular weight excluding hydrogens is 397 g/mol. The zero-order chi connectivity index (χ0) is 21.7. The summed E-state index contributed by atoms with van der Waals surface area (Å²) >= 11 is 0. The van der Waals surface area contributed by atoms with Crippen molar-refractivity contribution in [1.29, 1.82) is 0 Å². The minimum Gasteiger partial charge on any atom is -0.487 e. The van der Waals surface area contributed by atoms with Gasteiger partial charge in [-0.1, -0.05) is 0 Å². The Morgan fingerprint density at radius 2 is 1.83 bits per heavy atom. The van der Waals surface area contributed by atoms with Gasteiger partial charge in [-0.3, -0.25) is 4.79 Å². The molecule has 1 saturated carbocycles. The second-order valence-electron chi connectivity index (χ2n) is 8.04. The Hall–Kier alpha value is -2.84. The Morgan fingerprint density at radius 3 is 2.53 bits per heavy atom. The van der Waals surface area contributed by atoms with Crippen LogP contribution >= 0.6 is 0 Å². The number of amides is 1. The van der Waals surface area contributed by atoms with E-state index in [2.05, 4.69) is 9.97 Å². The van der Waals surface area contributed by atoms with E-state index in [1.54, 1.807) is 11.9 Å². The predicted molar refractivity (Wildman–Crippen MR) is 105 cm³/mol. The van der Waals surface area contributed by atoms with Crippen molar-refractivity contribution in [2.45, 2.75) is 45.3 Å². The summed E-state index contributed by atoms with van der Waals surface area (Å²) < 4.78 is 45.6. The highest BCUT2D eigenvalue weighted by atomic mass is 19.2. The molecular formula is C21H23F3N4O2. The molecule has 0 N–H and O–H groups in total. The van der Waals surface area contributed by atoms with Gasteiger partial charge in [0.25, 0.3) is 0 Å². The number of aromatic nitrogens is 2. The van der Waals surface area contributed by atoms with Crippen LogP contribution < -0.4 is 14.5 Å². The molecule has 1 amide bonds. The van der Waals surface area contributed by atoms with E-state index in [1.165, 1.54) is 0 Å². The molecule has 1 aliphatic heterocycles. The van der Waals surface area contributed by atoms with E-state index in [0.717, 1.165) is 23.6 Å². The van der Waals surface area contributed by atoms with Gasteiger partial charge in [0, 0.05) is 20.5 Å². The van der Waals surface area contributed by atoms with Crippen LogP contribution in [0.1, 0.15) is 31.3 Å². The minimum atomic E-state index is -1.52. The molecule has 0 unspecified atom stereocenters. The number of rotatable bonds is 4. The molecule has 1 atom stereocenters. The SMILES string of the molecule is Cc1nc(CC2CC(Oc3ccc(F)c(F)c3F)C2)nc2c1N(C)C(=O)[C@H](C)N2C. The summed E-state index contributed by atoms with van der Waals surface area (Å²) in [5.74, 6) is -2.71. The molecule has 9 heteroatoms. The summed E-state index contributed by atoms with van der Waals surface area (Å²) in [6, 6.07) is 1.65. The molecule has 1 aliphatic carbocycles. The van der Waals surface area contributed by atoms with Crippen LogP contribution in [0.4, 0.5) is 24.7 Å². The fourth-order valence-electron chi connectivity index (χ4n) is 4.05. The highest BCUT2D eigenvalue weighted by molar-refractivity contribution is 6.04. The van der Waals surface area contributed by atoms with Gasteiger partial charge in [0.05, 0.1) is 11.8 Å². The number of carbonyl (C=O) groups is 1. The Kier molecular flexibility index (Phi) is 5.07. The maximum absolute atomic E-state index is 13.8. The number of nitrogens with zero attached hydrogens (tertiary/aromatic N) is 4. The molecule has 160 valence electrons. The number of fused-ring (bicyclic) bond motifs is 1. The standard InChI is InChI=1S/C21H23F3N4O2/c1-10-19-20(27(3)11(2)21(29)28(19)4)26-16(25-10)9-12-7-13(8-12)30-15-6-5-14(22)17(23)18(15)24/h5-6,11-13H,7-9H2,1-4H3/t11-,12?,13?/m0/s1. The second-order valence-corrected chi connectivity index (χ2v) is 8.04. The molecule has 30 heavy (non-hydrogen) atoms. The monoisotopic (exact) mass is 420 g/mol. The summed E-state index contributed by atoms with van der Waals surface area (Å²) in [5, 5.41) is 0. The molecule has 2 aromatic rings. The Bertz CT molecular complexity index is 1010. The van der Waals surface area contributed by atoms with E-state index in [1.807, 2.05) is 25.8 Å². The summed E-state index contributed by atoms with van der Waals surface area (Å²) in [6.07, 6.45) is 1.64. The van der Waals surface area contributed by atoms with Crippen LogP contribution in [0, 0.1) is 30.3 Å². The van der Waals surface area contributed by atoms with Crippen LogP contribution in [-0.4, -0.2) is 42.1 Å². The van der Waals surface area contributed by atoms with Crippen LogP contribution in [0.2, 0.25) is 0 Å². The van der Waals surface area contributed by atoms with Crippen molar-refractivity contribution in [3.63, 3.8) is 0 Å². The first-order valence-electron chi connectivity index (χ1n) is 9.85. The number of hydrogen-bond donors (Lipinski definition) is 0. The van der Waals surface area contributed by atoms with Crippen molar-refractivity contribution in [2.75, 3.05) is 23.9 Å². The van der Waals surface area contributed by atoms with Gasteiger partial charge in [0.15, 0.2) is 23.2 Å². The van der Waals surface area contributed by atoms with Gasteiger partial charge in [0.1, 0.15) is 17.6 Å². The first kappa shape index (κ1) is 20.4. The lowest BCUT2D eigenvalue weighted by Gasteiger charge is -2.38. The van der Waals surface area contributed by atoms with Crippen molar-refractivity contribution >= 4 is 17.4 Å². The average Bonchev–Trinajstić information content (AvgIpc) is 2.68. The van der Waals surface area contributed by atoms with Crippen LogP contribution in [0.5, 0.6) is 5.75 Å². The van der Waals surface area contributed by atoms with Crippen molar-refractivity contribution in [3.05, 3.63) is 41.1 Å². The van der Waals surface area contributed by atoms with Crippen LogP contribution in [-0.2, 0) is 11.2 Å². The van der Waals surface area contributed by atoms with Gasteiger partial charge in [-0.2, -0.15) is 4.39 Å². The molecule has 6 nitrogen and oxygen atoms in total. The van der Waals surface area contributed by atoms with Gasteiger partial charge in [-0.25, -0.2) is 18.7 Å². The van der Waals surface area contributed by atoms with Gasteiger partial charge in [0.2, 0.25) is 11.7 Å². The first-order chi connectivity index (χ1) is 14.2. The lowest BCUT2D eigenvalue weighted by molar-refractivity contribution is -0.119. The number of ether oxygens (including phenoxy) is 1. The molecule has 2 heterocycles. The third kappa shape index (κ3) is 3.36. The third-order valence-corrected chi connectivity index (χ3v) is 5.98. The van der Waals surface area contributed by atoms with E-state index in [4.69, 9.17) is 4.74 Å². The summed E-state index contributed by atoms with van der Waals surface area (Å²) in [5.41, 5.74) is 1.45. The average molecular weight is 420 g/mol. The molecule has 0 radical (unpaired) electrons. The van der Waals surface area contributed by atoms with Gasteiger partial charge < -0.3 is 14.5 Å². The maximum atomic E-state index is 13.8. The maximum Gasteiger partial charge on any atom is 0.249 e. The van der Waals surface area contributed by atoms with Gasteiger partial charge in [-0.15, -0.1) is 0 Å². The lowest BCUT2D eigenvalue weighted by atomic mass is 9.80. The fraction of sp³-hybridized carbons (Fsp3) is 0.476. The summed E-state index contributed by atoms with van der Waals surface area (Å²) in [6.45, 7) is 3.69. The number of anilines is 2. The molecule has 0 spiro atoms. The van der Waals surface area contributed by atoms with E-state index >= 15 is 0 Å². The molecule has 0 bridgehead atoms. The lowest BCUT2D eigenvalue weighted by Crippen LogP contribution is -2.50. The number of aryl methyl sites for hydroxylation is 1. The number of halogens is 3. The molecule has 1 aromatic carbocycles. The highest BCUT2D eigenvalue weighted by Crippen LogP contribution is 2.38. The number of hydrogen-bond acceptors (Lipinski definition) is 5. The molecule has 1 aromatic heterocycles. The highest BCUT2D eigenvalue weighted by Gasteiger charge is 2.36. The quantitative estimate of drug-likeness (QED) is 0.710. The zero-order valence-corrected chi connectivity index (χ0v) is 17.2. The van der Waals surface area contributed by atoms with Crippen LogP contribution in [0.25, 0.3) is 0 Å². The topological polar surface area (TPSA) is 58.6 Å². The second kappa shape index (κ2) is 7.45. The molecule has 2 aliphatic rings. The van der Waals surface area contributed by atoms with E-state index in [-0.39, 0.29) is 29.7 Å². The van der Waals surface area contributed by atoms with E-state index < -0.39 is 17.5 Å². The Morgan fingerprint density at radius 1 is 1.13 bits per heavy atom. The van der Waals surface area contributed by atoms with Crippen molar-refractivity contribution in [3.8, 4) is 5.75 Å². The molecule has 1 fully saturated rings. The van der Waals surface area contributed by atoms with Crippen LogP contribution in [0.3, 0.4) is 0 Å². The van der Waals surface area contributed by atoms with Gasteiger partial charge in [-0.05, 0) is 44.7 Å². The van der Waals surface area contributed by atoms with Crippen molar-refractivity contribution in [2.24, 2.45) is 5.92 Å². The van der Waals surface area contributed by atoms with Crippen molar-refractivity contribution in [1.82, 2.24) is 9.97 Å². The molecule has 4 rings (SSSR count). The number of carbonyl (C=O) groups excluding carboxylic acids is 1. The number of likely N-dealkylation sites (N-methyl/N-ethyl adjacent to an activating group) is 2. The molecule has 0 saturated heterocycles. The predicted octanol–water partition coefficient (Wildman–Crippen LogP) is 3.40. The normalized spacial score (nSPS) is 23.3. The minimum absolute atomic E-state index is 0.00658. The number of benzene rings is 1. The smallest absolute Gasteiger partial charge is 0.249 e. The Balaban J connectivity index is 1.43. The fourth-order valence-corrected chi connectivity index (χ4v) is 4.05. The third-order valence-electron chi connectivity index (χ3n) is 5.98. The first-order valence-corrected chi connectivity index (χ1v) is 9.85. The van der Waals surface area contributed by atoms with Gasteiger partial charge >= 0.3 is 0 Å². The zero-order valence-electron chi connectivity index (χ0n) is 17.2. The van der Waals surface area contributed by atoms with E-state index in [9.17, 15) is 18.0 Å². The Labute approximate surface area is 172 Å². The van der Waals surface area contributed by atoms with E-state index in [0.29, 0.717) is 30.8 Å². The summed E-state index contributed by atoms with van der Waals surface area (Å²) in [4.78, 5) is 25.1. The summed E-state index contributed by atoms with van der Waals surface area (Å²) in [7, 11) is 3.57. The van der Waals surface area contributed by atoms with Crippen LogP contribution in [0.15, 0.2) is 12.1 Å².